The van der Waals surface area contributed by atoms with Gasteiger partial charge in [0.25, 0.3) is 0 Å². The maximum Gasteiger partial charge on any atom is 0.154 e. The Morgan fingerprint density at radius 2 is 2.19 bits per heavy atom. The molecule has 0 atom stereocenters. The van der Waals surface area contributed by atoms with E-state index >= 15 is 0 Å². The molecule has 16 heavy (non-hydrogen) atoms. The standard InChI is InChI=1S/C12H13BrClNO/c1-3-15-6-10-7(2)11-8(13)4-5-9(14)12(11)16-10/h4-5,15H,3,6H2,1-2H3. The lowest BCUT2D eigenvalue weighted by Gasteiger charge is -1.98. The molecule has 0 aliphatic heterocycles. The molecule has 0 aliphatic rings. The van der Waals surface area contributed by atoms with Gasteiger partial charge in [0.15, 0.2) is 5.58 Å². The summed E-state index contributed by atoms with van der Waals surface area (Å²) in [5.74, 6) is 0.950. The Balaban J connectivity index is 2.58. The van der Waals surface area contributed by atoms with Crippen LogP contribution in [-0.4, -0.2) is 6.54 Å². The molecule has 0 spiro atoms. The van der Waals surface area contributed by atoms with Crippen molar-refractivity contribution in [3.8, 4) is 0 Å². The fraction of sp³-hybridized carbons (Fsp3) is 0.333. The first kappa shape index (κ1) is 12.0. The molecular formula is C12H13BrClNO. The van der Waals surface area contributed by atoms with Gasteiger partial charge in [-0.3, -0.25) is 0 Å². The zero-order chi connectivity index (χ0) is 11.7. The Kier molecular flexibility index (Phi) is 3.57. The van der Waals surface area contributed by atoms with E-state index < -0.39 is 0 Å². The van der Waals surface area contributed by atoms with E-state index in [0.717, 1.165) is 39.9 Å². The average Bonchev–Trinajstić information content (AvgIpc) is 2.60. The van der Waals surface area contributed by atoms with E-state index in [-0.39, 0.29) is 0 Å². The van der Waals surface area contributed by atoms with Crippen LogP contribution >= 0.6 is 27.5 Å². The Hall–Kier alpha value is -0.510. The van der Waals surface area contributed by atoms with E-state index in [1.165, 1.54) is 0 Å². The summed E-state index contributed by atoms with van der Waals surface area (Å²) in [4.78, 5) is 0. The first-order chi connectivity index (χ1) is 7.65. The van der Waals surface area contributed by atoms with Gasteiger partial charge in [-0.1, -0.05) is 34.5 Å². The van der Waals surface area contributed by atoms with E-state index in [4.69, 9.17) is 16.0 Å². The second-order valence-corrected chi connectivity index (χ2v) is 4.93. The van der Waals surface area contributed by atoms with Crippen molar-refractivity contribution in [3.63, 3.8) is 0 Å². The summed E-state index contributed by atoms with van der Waals surface area (Å²) in [7, 11) is 0. The topological polar surface area (TPSA) is 25.2 Å². The van der Waals surface area contributed by atoms with Crippen molar-refractivity contribution in [1.82, 2.24) is 5.32 Å². The monoisotopic (exact) mass is 301 g/mol. The molecule has 2 rings (SSSR count). The summed E-state index contributed by atoms with van der Waals surface area (Å²) in [6.45, 7) is 5.78. The molecular weight excluding hydrogens is 289 g/mol. The molecule has 1 aromatic carbocycles. The summed E-state index contributed by atoms with van der Waals surface area (Å²) in [6, 6.07) is 3.79. The number of rotatable bonds is 3. The minimum absolute atomic E-state index is 0.657. The number of hydrogen-bond acceptors (Lipinski definition) is 2. The van der Waals surface area contributed by atoms with Crippen LogP contribution in [0, 0.1) is 6.92 Å². The third-order valence-electron chi connectivity index (χ3n) is 2.61. The molecule has 1 aromatic heterocycles. The zero-order valence-corrected chi connectivity index (χ0v) is 11.6. The summed E-state index contributed by atoms with van der Waals surface area (Å²) in [6.07, 6.45) is 0. The van der Waals surface area contributed by atoms with E-state index in [2.05, 4.69) is 35.1 Å². The molecule has 1 heterocycles. The maximum absolute atomic E-state index is 6.11. The minimum atomic E-state index is 0.657. The molecule has 0 fully saturated rings. The highest BCUT2D eigenvalue weighted by Crippen LogP contribution is 2.35. The van der Waals surface area contributed by atoms with Crippen LogP contribution in [0.4, 0.5) is 0 Å². The molecule has 0 radical (unpaired) electrons. The van der Waals surface area contributed by atoms with Gasteiger partial charge in [-0.05, 0) is 25.6 Å². The van der Waals surface area contributed by atoms with Crippen LogP contribution in [0.2, 0.25) is 5.02 Å². The largest absolute Gasteiger partial charge is 0.458 e. The van der Waals surface area contributed by atoms with Crippen molar-refractivity contribution in [2.75, 3.05) is 6.54 Å². The van der Waals surface area contributed by atoms with Crippen molar-refractivity contribution < 1.29 is 4.42 Å². The number of fused-ring (bicyclic) bond motifs is 1. The highest BCUT2D eigenvalue weighted by atomic mass is 79.9. The smallest absolute Gasteiger partial charge is 0.154 e. The lowest BCUT2D eigenvalue weighted by atomic mass is 10.1. The third kappa shape index (κ3) is 1.99. The number of nitrogens with one attached hydrogen (secondary N) is 1. The highest BCUT2D eigenvalue weighted by molar-refractivity contribution is 9.10. The van der Waals surface area contributed by atoms with Crippen molar-refractivity contribution in [1.29, 1.82) is 0 Å². The second-order valence-electron chi connectivity index (χ2n) is 3.66. The lowest BCUT2D eigenvalue weighted by Crippen LogP contribution is -2.11. The van der Waals surface area contributed by atoms with Gasteiger partial charge in [0, 0.05) is 15.4 Å². The molecule has 2 nitrogen and oxygen atoms in total. The third-order valence-corrected chi connectivity index (χ3v) is 3.57. The van der Waals surface area contributed by atoms with Crippen LogP contribution < -0.4 is 5.32 Å². The predicted octanol–water partition coefficient (Wildman–Crippen LogP) is 4.27. The maximum atomic E-state index is 6.11. The van der Waals surface area contributed by atoms with Gasteiger partial charge in [0.2, 0.25) is 0 Å². The van der Waals surface area contributed by atoms with Crippen LogP contribution in [-0.2, 0) is 6.54 Å². The molecule has 0 unspecified atom stereocenters. The zero-order valence-electron chi connectivity index (χ0n) is 9.23. The van der Waals surface area contributed by atoms with Gasteiger partial charge in [0.05, 0.1) is 11.6 Å². The summed E-state index contributed by atoms with van der Waals surface area (Å²) < 4.78 is 6.81. The van der Waals surface area contributed by atoms with E-state index in [0.29, 0.717) is 5.02 Å². The summed E-state index contributed by atoms with van der Waals surface area (Å²) >= 11 is 9.64. The van der Waals surface area contributed by atoms with Crippen LogP contribution in [0.1, 0.15) is 18.2 Å². The molecule has 0 amide bonds. The van der Waals surface area contributed by atoms with E-state index in [1.807, 2.05) is 12.1 Å². The quantitative estimate of drug-likeness (QED) is 0.916. The van der Waals surface area contributed by atoms with E-state index in [1.54, 1.807) is 0 Å². The first-order valence-corrected chi connectivity index (χ1v) is 6.39. The number of halogens is 2. The summed E-state index contributed by atoms with van der Waals surface area (Å²) in [5, 5.41) is 4.98. The van der Waals surface area contributed by atoms with Crippen LogP contribution in [0.5, 0.6) is 0 Å². The Labute approximate surface area is 108 Å². The number of aryl methyl sites for hydroxylation is 1. The lowest BCUT2D eigenvalue weighted by molar-refractivity contribution is 0.516. The SMILES string of the molecule is CCNCc1oc2c(Cl)ccc(Br)c2c1C. The minimum Gasteiger partial charge on any atom is -0.458 e. The molecule has 0 bridgehead atoms. The van der Waals surface area contributed by atoms with Gasteiger partial charge in [-0.2, -0.15) is 0 Å². The van der Waals surface area contributed by atoms with Gasteiger partial charge in [0.1, 0.15) is 5.76 Å². The second kappa shape index (κ2) is 4.78. The van der Waals surface area contributed by atoms with Crippen LogP contribution in [0.25, 0.3) is 11.0 Å². The van der Waals surface area contributed by atoms with Crippen molar-refractivity contribution in [3.05, 3.63) is 33.0 Å². The number of hydrogen-bond donors (Lipinski definition) is 1. The fourth-order valence-electron chi connectivity index (χ4n) is 1.73. The molecule has 2 aromatic rings. The van der Waals surface area contributed by atoms with E-state index in [9.17, 15) is 0 Å². The number of benzene rings is 1. The molecule has 86 valence electrons. The Morgan fingerprint density at radius 1 is 1.44 bits per heavy atom. The number of furan rings is 1. The van der Waals surface area contributed by atoms with Crippen LogP contribution in [0.15, 0.2) is 21.0 Å². The molecule has 0 saturated heterocycles. The van der Waals surface area contributed by atoms with Crippen molar-refractivity contribution in [2.24, 2.45) is 0 Å². The summed E-state index contributed by atoms with van der Waals surface area (Å²) in [5.41, 5.74) is 1.91. The van der Waals surface area contributed by atoms with Crippen molar-refractivity contribution >= 4 is 38.5 Å². The Bertz CT molecular complexity index is 521. The van der Waals surface area contributed by atoms with Crippen molar-refractivity contribution in [2.45, 2.75) is 20.4 Å². The van der Waals surface area contributed by atoms with Gasteiger partial charge in [-0.15, -0.1) is 0 Å². The Morgan fingerprint density at radius 3 is 2.81 bits per heavy atom. The van der Waals surface area contributed by atoms with Gasteiger partial charge < -0.3 is 9.73 Å². The highest BCUT2D eigenvalue weighted by Gasteiger charge is 2.14. The molecule has 0 aliphatic carbocycles. The predicted molar refractivity (Wildman–Crippen MR) is 71.0 cm³/mol. The molecule has 1 N–H and O–H groups in total. The van der Waals surface area contributed by atoms with Gasteiger partial charge >= 0.3 is 0 Å². The van der Waals surface area contributed by atoms with Crippen LogP contribution in [0.3, 0.4) is 0 Å². The molecule has 0 saturated carbocycles. The normalized spacial score (nSPS) is 11.2. The first-order valence-electron chi connectivity index (χ1n) is 5.21. The van der Waals surface area contributed by atoms with Gasteiger partial charge in [-0.25, -0.2) is 0 Å². The fourth-order valence-corrected chi connectivity index (χ4v) is 2.53. The average molecular weight is 303 g/mol. The molecule has 4 heteroatoms.